The molecule has 2 nitrogen and oxygen atoms in total. The van der Waals surface area contributed by atoms with Gasteiger partial charge in [-0.1, -0.05) is 50.3 Å². The number of ether oxygens (including phenoxy) is 2. The summed E-state index contributed by atoms with van der Waals surface area (Å²) in [6.45, 7) is 7.27. The standard InChI is InChI=1S/C23H21BrO2/c1-13-10-17-16(11-19-22(21(17)24)26-12-25-19)20(13)23(2,3)18-9-8-14-6-4-5-7-15(14)18/h4-11,18-19H,12H2,1-3H3. The Morgan fingerprint density at radius 1 is 1.15 bits per heavy atom. The van der Waals surface area contributed by atoms with Crippen molar-refractivity contribution >= 4 is 22.0 Å². The second-order valence-electron chi connectivity index (χ2n) is 7.91. The zero-order chi connectivity index (χ0) is 18.1. The molecule has 1 heterocycles. The fourth-order valence-electron chi connectivity index (χ4n) is 4.88. The van der Waals surface area contributed by atoms with Gasteiger partial charge in [-0.25, -0.2) is 0 Å². The van der Waals surface area contributed by atoms with E-state index in [1.54, 1.807) is 0 Å². The Balaban J connectivity index is 1.59. The molecule has 2 unspecified atom stereocenters. The smallest absolute Gasteiger partial charge is 0.190 e. The minimum atomic E-state index is -0.0837. The molecule has 0 saturated carbocycles. The van der Waals surface area contributed by atoms with Crippen LogP contribution in [0.2, 0.25) is 0 Å². The Morgan fingerprint density at radius 2 is 1.96 bits per heavy atom. The number of fused-ring (bicyclic) bond motifs is 3. The lowest BCUT2D eigenvalue weighted by Gasteiger charge is -2.36. The first kappa shape index (κ1) is 16.3. The van der Waals surface area contributed by atoms with Crippen LogP contribution in [0.15, 0.2) is 75.0 Å². The molecule has 1 aromatic rings. The van der Waals surface area contributed by atoms with Crippen molar-refractivity contribution in [3.8, 4) is 0 Å². The molecule has 2 atom stereocenters. The maximum atomic E-state index is 5.76. The highest BCUT2D eigenvalue weighted by atomic mass is 79.9. The van der Waals surface area contributed by atoms with Crippen molar-refractivity contribution in [1.82, 2.24) is 0 Å². The maximum Gasteiger partial charge on any atom is 0.190 e. The van der Waals surface area contributed by atoms with E-state index in [-0.39, 0.29) is 11.5 Å². The molecular formula is C23H21BrO2. The molecule has 1 saturated heterocycles. The monoisotopic (exact) mass is 408 g/mol. The molecule has 0 spiro atoms. The summed E-state index contributed by atoms with van der Waals surface area (Å²) >= 11 is 3.76. The topological polar surface area (TPSA) is 18.5 Å². The number of allylic oxidation sites excluding steroid dienone is 7. The molecule has 4 aliphatic rings. The quantitative estimate of drug-likeness (QED) is 0.597. The van der Waals surface area contributed by atoms with Gasteiger partial charge < -0.3 is 9.47 Å². The summed E-state index contributed by atoms with van der Waals surface area (Å²) in [5, 5.41) is 0. The van der Waals surface area contributed by atoms with E-state index in [4.69, 9.17) is 9.47 Å². The van der Waals surface area contributed by atoms with E-state index in [1.165, 1.54) is 33.4 Å². The predicted molar refractivity (Wildman–Crippen MR) is 108 cm³/mol. The number of rotatable bonds is 2. The lowest BCUT2D eigenvalue weighted by molar-refractivity contribution is 0.0629. The average molecular weight is 409 g/mol. The summed E-state index contributed by atoms with van der Waals surface area (Å²) in [5.74, 6) is 1.26. The van der Waals surface area contributed by atoms with Gasteiger partial charge in [0.25, 0.3) is 0 Å². The first-order valence-corrected chi connectivity index (χ1v) is 9.85. The van der Waals surface area contributed by atoms with Gasteiger partial charge in [-0.15, -0.1) is 0 Å². The molecular weight excluding hydrogens is 388 g/mol. The lowest BCUT2D eigenvalue weighted by atomic mass is 9.67. The zero-order valence-corrected chi connectivity index (χ0v) is 16.8. The summed E-state index contributed by atoms with van der Waals surface area (Å²) < 4.78 is 12.5. The first-order chi connectivity index (χ1) is 12.5. The van der Waals surface area contributed by atoms with Crippen LogP contribution in [0, 0.1) is 5.41 Å². The zero-order valence-electron chi connectivity index (χ0n) is 15.2. The molecule has 0 aromatic heterocycles. The summed E-state index contributed by atoms with van der Waals surface area (Å²) in [6, 6.07) is 8.72. The van der Waals surface area contributed by atoms with Gasteiger partial charge in [0.05, 0.1) is 4.48 Å². The molecule has 1 fully saturated rings. The predicted octanol–water partition coefficient (Wildman–Crippen LogP) is 6.00. The summed E-state index contributed by atoms with van der Waals surface area (Å²) in [4.78, 5) is 0. The van der Waals surface area contributed by atoms with Crippen molar-refractivity contribution in [2.45, 2.75) is 32.8 Å². The highest BCUT2D eigenvalue weighted by Crippen LogP contribution is 2.56. The van der Waals surface area contributed by atoms with E-state index in [2.05, 4.69) is 85.3 Å². The van der Waals surface area contributed by atoms with Crippen LogP contribution in [-0.2, 0) is 9.47 Å². The van der Waals surface area contributed by atoms with Gasteiger partial charge in [0.15, 0.2) is 6.79 Å². The molecule has 0 bridgehead atoms. The van der Waals surface area contributed by atoms with Crippen LogP contribution in [0.5, 0.6) is 0 Å². The van der Waals surface area contributed by atoms with Crippen molar-refractivity contribution in [3.63, 3.8) is 0 Å². The van der Waals surface area contributed by atoms with E-state index < -0.39 is 0 Å². The van der Waals surface area contributed by atoms with Crippen molar-refractivity contribution in [1.29, 1.82) is 0 Å². The molecule has 1 aliphatic heterocycles. The van der Waals surface area contributed by atoms with Gasteiger partial charge in [0, 0.05) is 11.3 Å². The third-order valence-corrected chi connectivity index (χ3v) is 6.85. The van der Waals surface area contributed by atoms with Crippen molar-refractivity contribution in [2.24, 2.45) is 5.41 Å². The summed E-state index contributed by atoms with van der Waals surface area (Å²) in [7, 11) is 0. The van der Waals surface area contributed by atoms with E-state index in [9.17, 15) is 0 Å². The van der Waals surface area contributed by atoms with Gasteiger partial charge >= 0.3 is 0 Å². The van der Waals surface area contributed by atoms with Gasteiger partial charge in [0.1, 0.15) is 11.9 Å². The second-order valence-corrected chi connectivity index (χ2v) is 8.70. The van der Waals surface area contributed by atoms with Crippen LogP contribution < -0.4 is 0 Å². The Kier molecular flexibility index (Phi) is 3.51. The van der Waals surface area contributed by atoms with E-state index >= 15 is 0 Å². The Hall–Kier alpha value is -1.84. The van der Waals surface area contributed by atoms with Crippen molar-refractivity contribution < 1.29 is 9.47 Å². The third-order valence-electron chi connectivity index (χ3n) is 6.03. The van der Waals surface area contributed by atoms with Gasteiger partial charge in [-0.3, -0.25) is 0 Å². The van der Waals surface area contributed by atoms with Gasteiger partial charge in [-0.05, 0) is 68.4 Å². The van der Waals surface area contributed by atoms with E-state index in [0.717, 1.165) is 10.2 Å². The first-order valence-electron chi connectivity index (χ1n) is 9.05. The average Bonchev–Trinajstić information content (AvgIpc) is 3.31. The molecule has 0 amide bonds. The summed E-state index contributed by atoms with van der Waals surface area (Å²) in [5.41, 5.74) is 7.97. The Labute approximate surface area is 162 Å². The Bertz CT molecular complexity index is 972. The largest absolute Gasteiger partial charge is 0.468 e. The van der Waals surface area contributed by atoms with Crippen LogP contribution in [0.25, 0.3) is 6.08 Å². The molecule has 132 valence electrons. The number of benzene rings is 1. The molecule has 26 heavy (non-hydrogen) atoms. The van der Waals surface area contributed by atoms with Crippen LogP contribution >= 0.6 is 15.9 Å². The van der Waals surface area contributed by atoms with Crippen LogP contribution in [0.4, 0.5) is 0 Å². The normalized spacial score (nSPS) is 26.5. The number of hydrogen-bond acceptors (Lipinski definition) is 2. The summed E-state index contributed by atoms with van der Waals surface area (Å²) in [6.07, 6.45) is 9.05. The minimum absolute atomic E-state index is 0.0263. The highest BCUT2D eigenvalue weighted by Gasteiger charge is 2.43. The van der Waals surface area contributed by atoms with E-state index in [1.807, 2.05) is 0 Å². The molecule has 5 rings (SSSR count). The number of halogens is 1. The second kappa shape index (κ2) is 5.58. The minimum Gasteiger partial charge on any atom is -0.468 e. The van der Waals surface area contributed by atoms with Crippen LogP contribution in [0.1, 0.15) is 37.8 Å². The molecule has 1 aromatic carbocycles. The molecule has 0 N–H and O–H groups in total. The Morgan fingerprint density at radius 3 is 2.81 bits per heavy atom. The number of hydrogen-bond donors (Lipinski definition) is 0. The SMILES string of the molecule is CC1=C(C(C)(C)C2C=Cc3ccccc32)C2=CC3OCOC3=C(Br)C2=C1. The fraction of sp³-hybridized carbons (Fsp3) is 0.304. The fourth-order valence-corrected chi connectivity index (χ4v) is 5.55. The van der Waals surface area contributed by atoms with Crippen molar-refractivity contribution in [3.05, 3.63) is 86.2 Å². The molecule has 0 radical (unpaired) electrons. The lowest BCUT2D eigenvalue weighted by Crippen LogP contribution is -2.25. The third kappa shape index (κ3) is 2.14. The molecule has 3 heteroatoms. The highest BCUT2D eigenvalue weighted by molar-refractivity contribution is 9.12. The van der Waals surface area contributed by atoms with Crippen LogP contribution in [-0.4, -0.2) is 12.9 Å². The maximum absolute atomic E-state index is 5.76. The molecule has 3 aliphatic carbocycles. The van der Waals surface area contributed by atoms with E-state index in [0.29, 0.717) is 12.7 Å². The van der Waals surface area contributed by atoms with Crippen molar-refractivity contribution in [2.75, 3.05) is 6.79 Å². The van der Waals surface area contributed by atoms with Gasteiger partial charge in [0.2, 0.25) is 0 Å². The van der Waals surface area contributed by atoms with Crippen LogP contribution in [0.3, 0.4) is 0 Å². The van der Waals surface area contributed by atoms with Gasteiger partial charge in [-0.2, -0.15) is 0 Å².